The van der Waals surface area contributed by atoms with E-state index >= 15 is 0 Å². The number of alkyl halides is 1. The molecule has 0 spiro atoms. The molecule has 2 unspecified atom stereocenters. The van der Waals surface area contributed by atoms with Gasteiger partial charge in [0.05, 0.1) is 12.1 Å². The number of benzene rings is 1. The van der Waals surface area contributed by atoms with Crippen molar-refractivity contribution in [3.8, 4) is 17.1 Å². The molecule has 0 saturated heterocycles. The van der Waals surface area contributed by atoms with Crippen LogP contribution in [0.4, 0.5) is 10.1 Å². The summed E-state index contributed by atoms with van der Waals surface area (Å²) < 4.78 is 26.5. The van der Waals surface area contributed by atoms with E-state index in [2.05, 4.69) is 34.3 Å². The number of aryl methyl sites for hydroxylation is 1. The fourth-order valence-corrected chi connectivity index (χ4v) is 5.07. The molecule has 1 radical (unpaired) electrons. The molecule has 4 aromatic rings. The number of pyridine rings is 1. The average molecular weight is 665 g/mol. The molecule has 10 heteroatoms. The van der Waals surface area contributed by atoms with Gasteiger partial charge in [-0.1, -0.05) is 24.2 Å². The van der Waals surface area contributed by atoms with Crippen molar-refractivity contribution >= 4 is 17.2 Å². The summed E-state index contributed by atoms with van der Waals surface area (Å²) in [5, 5.41) is 6.99. The standard InChI is InChI=1S/C26H23FN5O3.Ir/c1-12-4-5-14(23-30-25(35-31-23)16-7-17(16)27)6-18(12)29-24(33)19-10-28-21-8-20-15(11-32(19)21)9-26(3)13(2)22(26)34-20;/h4-6,8,10-11,16-17,22H,7,9H2,1-3H3,(H,29,33);/q-1;/t16-,17-,22?,26?;/m1./s1. The first-order valence-corrected chi connectivity index (χ1v) is 11.7. The predicted octanol–water partition coefficient (Wildman–Crippen LogP) is 4.69. The molecule has 2 aliphatic carbocycles. The molecule has 3 aromatic heterocycles. The summed E-state index contributed by atoms with van der Waals surface area (Å²) in [7, 11) is 0. The number of nitrogens with zero attached hydrogens (tertiary/aromatic N) is 4. The van der Waals surface area contributed by atoms with Crippen LogP contribution in [0.25, 0.3) is 17.0 Å². The van der Waals surface area contributed by atoms with Gasteiger partial charge in [0.1, 0.15) is 23.3 Å². The normalized spacial score (nSPS) is 25.9. The molecular formula is C26H23FIrN5O3-. The second-order valence-corrected chi connectivity index (χ2v) is 10.1. The first-order chi connectivity index (χ1) is 16.8. The molecule has 2 fully saturated rings. The molecule has 1 N–H and O–H groups in total. The summed E-state index contributed by atoms with van der Waals surface area (Å²) >= 11 is 0. The first-order valence-electron chi connectivity index (χ1n) is 11.7. The van der Waals surface area contributed by atoms with Crippen LogP contribution in [-0.2, 0) is 26.5 Å². The van der Waals surface area contributed by atoms with Gasteiger partial charge in [-0.25, -0.2) is 9.37 Å². The third-order valence-corrected chi connectivity index (χ3v) is 7.73. The van der Waals surface area contributed by atoms with E-state index in [1.54, 1.807) is 12.3 Å². The summed E-state index contributed by atoms with van der Waals surface area (Å²) in [6, 6.07) is 7.43. The van der Waals surface area contributed by atoms with Crippen molar-refractivity contribution in [2.45, 2.75) is 51.8 Å². The molecule has 1 aliphatic heterocycles. The minimum absolute atomic E-state index is 0. The van der Waals surface area contributed by atoms with Crippen molar-refractivity contribution in [2.24, 2.45) is 5.41 Å². The largest absolute Gasteiger partial charge is 0.523 e. The van der Waals surface area contributed by atoms with Crippen molar-refractivity contribution in [2.75, 3.05) is 5.32 Å². The van der Waals surface area contributed by atoms with E-state index in [0.717, 1.165) is 23.3 Å². The van der Waals surface area contributed by atoms with Crippen LogP contribution in [0.5, 0.6) is 5.75 Å². The Bertz CT molecular complexity index is 1530. The second kappa shape index (κ2) is 7.95. The van der Waals surface area contributed by atoms with Crippen molar-refractivity contribution in [1.29, 1.82) is 0 Å². The Morgan fingerprint density at radius 1 is 1.33 bits per heavy atom. The van der Waals surface area contributed by atoms with E-state index < -0.39 is 6.17 Å². The predicted molar refractivity (Wildman–Crippen MR) is 125 cm³/mol. The van der Waals surface area contributed by atoms with E-state index in [1.807, 2.05) is 35.7 Å². The molecule has 7 rings (SSSR count). The minimum Gasteiger partial charge on any atom is -0.523 e. The summed E-state index contributed by atoms with van der Waals surface area (Å²) in [6.45, 7) is 6.26. The third-order valence-electron chi connectivity index (χ3n) is 7.73. The number of hydrogen-bond donors (Lipinski definition) is 1. The van der Waals surface area contributed by atoms with Crippen LogP contribution in [-0.4, -0.2) is 37.7 Å². The first kappa shape index (κ1) is 23.3. The Morgan fingerprint density at radius 3 is 2.92 bits per heavy atom. The molecule has 187 valence electrons. The summed E-state index contributed by atoms with van der Waals surface area (Å²) in [5.74, 6) is 2.30. The van der Waals surface area contributed by atoms with E-state index in [1.165, 1.54) is 5.92 Å². The Balaban J connectivity index is 0.00000240. The fourth-order valence-electron chi connectivity index (χ4n) is 5.07. The number of imidazole rings is 1. The molecule has 4 atom stereocenters. The molecule has 4 heterocycles. The van der Waals surface area contributed by atoms with Gasteiger partial charge in [0.2, 0.25) is 11.7 Å². The number of hydrogen-bond acceptors (Lipinski definition) is 6. The van der Waals surface area contributed by atoms with Crippen LogP contribution in [0, 0.1) is 18.3 Å². The van der Waals surface area contributed by atoms with Gasteiger partial charge < -0.3 is 14.6 Å². The quantitative estimate of drug-likeness (QED) is 0.319. The molecule has 8 nitrogen and oxygen atoms in total. The van der Waals surface area contributed by atoms with Gasteiger partial charge in [-0.3, -0.25) is 15.1 Å². The van der Waals surface area contributed by atoms with E-state index in [9.17, 15) is 9.18 Å². The van der Waals surface area contributed by atoms with Gasteiger partial charge in [0.25, 0.3) is 5.91 Å². The summed E-state index contributed by atoms with van der Waals surface area (Å²) in [5.41, 5.74) is 4.42. The van der Waals surface area contributed by atoms with Crippen LogP contribution in [0.3, 0.4) is 0 Å². The molecule has 2 saturated carbocycles. The van der Waals surface area contributed by atoms with Crippen molar-refractivity contribution in [3.05, 3.63) is 65.3 Å². The van der Waals surface area contributed by atoms with Gasteiger partial charge in [-0.15, -0.1) is 5.41 Å². The Labute approximate surface area is 220 Å². The Kier molecular flexibility index (Phi) is 5.15. The zero-order valence-electron chi connectivity index (χ0n) is 19.8. The number of aromatic nitrogens is 4. The van der Waals surface area contributed by atoms with E-state index in [0.29, 0.717) is 40.7 Å². The number of carbonyl (C=O) groups excluding carboxylic acids is 1. The monoisotopic (exact) mass is 665 g/mol. The van der Waals surface area contributed by atoms with Crippen molar-refractivity contribution < 1.29 is 38.6 Å². The van der Waals surface area contributed by atoms with Gasteiger partial charge in [0, 0.05) is 49.2 Å². The van der Waals surface area contributed by atoms with Gasteiger partial charge >= 0.3 is 0 Å². The topological polar surface area (TPSA) is 94.6 Å². The third kappa shape index (κ3) is 3.50. The molecule has 3 aliphatic rings. The SMILES string of the molecule is Cc1ccc(-c2noc([C@@H]3C[C@H]3F)n2)cc1NC(=O)c1cnc2cc3c(cn12)CC1(C)[C-](C)C1O3.[Ir]. The van der Waals surface area contributed by atoms with Crippen LogP contribution >= 0.6 is 0 Å². The number of carbonyl (C=O) groups is 1. The van der Waals surface area contributed by atoms with Gasteiger partial charge in [0.15, 0.2) is 0 Å². The molecule has 36 heavy (non-hydrogen) atoms. The van der Waals surface area contributed by atoms with Crippen LogP contribution in [0.1, 0.15) is 53.7 Å². The maximum atomic E-state index is 13.3. The maximum absolute atomic E-state index is 13.3. The molecule has 1 amide bonds. The zero-order valence-corrected chi connectivity index (χ0v) is 22.2. The summed E-state index contributed by atoms with van der Waals surface area (Å²) in [6.07, 6.45) is 4.09. The molecule has 1 aromatic carbocycles. The fraction of sp³-hybridized carbons (Fsp3) is 0.346. The molecular weight excluding hydrogens is 642 g/mol. The number of halogens is 1. The van der Waals surface area contributed by atoms with E-state index in [4.69, 9.17) is 9.26 Å². The van der Waals surface area contributed by atoms with Crippen molar-refractivity contribution in [1.82, 2.24) is 19.5 Å². The second-order valence-electron chi connectivity index (χ2n) is 10.1. The van der Waals surface area contributed by atoms with Crippen molar-refractivity contribution in [3.63, 3.8) is 0 Å². The number of ether oxygens (including phenoxy) is 1. The van der Waals surface area contributed by atoms with Crippen LogP contribution in [0.15, 0.2) is 41.2 Å². The number of fused-ring (bicyclic) bond motifs is 3. The number of amides is 1. The zero-order chi connectivity index (χ0) is 24.1. The van der Waals surface area contributed by atoms with Gasteiger partial charge in [-0.2, -0.15) is 11.9 Å². The minimum atomic E-state index is -0.908. The number of rotatable bonds is 4. The number of nitrogens with one attached hydrogen (secondary N) is 1. The smallest absolute Gasteiger partial charge is 0.274 e. The average Bonchev–Trinajstić information content (AvgIpc) is 3.45. The number of anilines is 1. The summed E-state index contributed by atoms with van der Waals surface area (Å²) in [4.78, 5) is 22.1. The van der Waals surface area contributed by atoms with E-state index in [-0.39, 0.29) is 43.4 Å². The maximum Gasteiger partial charge on any atom is 0.274 e. The van der Waals surface area contributed by atoms with Gasteiger partial charge in [-0.05, 0) is 37.5 Å². The Morgan fingerprint density at radius 2 is 2.14 bits per heavy atom. The Hall–Kier alpha value is -3.10. The van der Waals surface area contributed by atoms with Crippen LogP contribution in [0.2, 0.25) is 0 Å². The molecule has 0 bridgehead atoms. The van der Waals surface area contributed by atoms with Crippen LogP contribution < -0.4 is 10.1 Å².